The molecule has 0 bridgehead atoms. The molecule has 0 aromatic rings. The third-order valence-corrected chi connectivity index (χ3v) is 2.11. The predicted molar refractivity (Wildman–Crippen MR) is 60.6 cm³/mol. The first-order chi connectivity index (χ1) is 7.10. The highest BCUT2D eigenvalue weighted by Crippen LogP contribution is 1.94. The Morgan fingerprint density at radius 2 is 2.20 bits per heavy atom. The third-order valence-electron chi connectivity index (χ3n) is 2.11. The maximum Gasteiger partial charge on any atom is 0.222 e. The van der Waals surface area contributed by atoms with E-state index in [4.69, 9.17) is 10.5 Å². The van der Waals surface area contributed by atoms with Crippen molar-refractivity contribution >= 4 is 5.91 Å². The van der Waals surface area contributed by atoms with Crippen LogP contribution in [-0.2, 0) is 9.53 Å². The summed E-state index contributed by atoms with van der Waals surface area (Å²) < 4.78 is 5.02. The number of hydrogen-bond acceptors (Lipinski definition) is 4. The molecule has 0 spiro atoms. The summed E-state index contributed by atoms with van der Waals surface area (Å²) in [7, 11) is 5.59. The second kappa shape index (κ2) is 8.64. The van der Waals surface area contributed by atoms with Crippen molar-refractivity contribution in [1.82, 2.24) is 10.2 Å². The Labute approximate surface area is 91.9 Å². The largest absolute Gasteiger partial charge is 0.380 e. The molecule has 0 aliphatic carbocycles. The molecular formula is C10H23N3O2. The summed E-state index contributed by atoms with van der Waals surface area (Å²) in [6, 6.07) is 0. The van der Waals surface area contributed by atoms with Crippen LogP contribution in [0.15, 0.2) is 0 Å². The molecule has 1 atom stereocenters. The molecule has 3 N–H and O–H groups in total. The number of amides is 1. The maximum atomic E-state index is 11.4. The fraction of sp³-hybridized carbons (Fsp3) is 0.900. The van der Waals surface area contributed by atoms with Crippen LogP contribution in [0.5, 0.6) is 0 Å². The van der Waals surface area contributed by atoms with Crippen LogP contribution in [0.3, 0.4) is 0 Å². The van der Waals surface area contributed by atoms with Gasteiger partial charge in [-0.2, -0.15) is 0 Å². The van der Waals surface area contributed by atoms with Crippen molar-refractivity contribution in [2.75, 3.05) is 40.8 Å². The van der Waals surface area contributed by atoms with Crippen LogP contribution in [0, 0.1) is 0 Å². The molecule has 0 aromatic heterocycles. The highest BCUT2D eigenvalue weighted by Gasteiger charge is 2.10. The molecule has 0 aliphatic rings. The normalized spacial score (nSPS) is 12.9. The second-order valence-electron chi connectivity index (χ2n) is 3.80. The van der Waals surface area contributed by atoms with Crippen molar-refractivity contribution in [3.8, 4) is 0 Å². The van der Waals surface area contributed by atoms with Crippen molar-refractivity contribution in [2.45, 2.75) is 18.9 Å². The van der Waals surface area contributed by atoms with Crippen LogP contribution < -0.4 is 11.1 Å². The van der Waals surface area contributed by atoms with E-state index in [1.54, 1.807) is 7.11 Å². The molecule has 15 heavy (non-hydrogen) atoms. The van der Waals surface area contributed by atoms with Crippen molar-refractivity contribution in [3.05, 3.63) is 0 Å². The molecule has 0 fully saturated rings. The van der Waals surface area contributed by atoms with E-state index in [1.165, 1.54) is 0 Å². The Balaban J connectivity index is 3.48. The van der Waals surface area contributed by atoms with Crippen LogP contribution in [0.4, 0.5) is 0 Å². The predicted octanol–water partition coefficient (Wildman–Crippen LogP) is -0.582. The molecule has 0 radical (unpaired) electrons. The zero-order chi connectivity index (χ0) is 11.7. The lowest BCUT2D eigenvalue weighted by Gasteiger charge is -2.13. The minimum atomic E-state index is -0.168. The number of hydrogen-bond donors (Lipinski definition) is 2. The minimum Gasteiger partial charge on any atom is -0.380 e. The summed E-state index contributed by atoms with van der Waals surface area (Å²) >= 11 is 0. The lowest BCUT2D eigenvalue weighted by Crippen LogP contribution is -2.33. The molecule has 0 aromatic carbocycles. The van der Waals surface area contributed by atoms with Gasteiger partial charge in [-0.25, -0.2) is 0 Å². The number of carbonyl (C=O) groups is 1. The highest BCUT2D eigenvalue weighted by atomic mass is 16.5. The fourth-order valence-corrected chi connectivity index (χ4v) is 1.16. The molecule has 1 amide bonds. The summed E-state index contributed by atoms with van der Waals surface area (Å²) in [5.41, 5.74) is 5.41. The average Bonchev–Trinajstić information content (AvgIpc) is 2.20. The molecule has 1 unspecified atom stereocenters. The Hall–Kier alpha value is -0.650. The molecule has 90 valence electrons. The number of nitrogens with two attached hydrogens (primary N) is 1. The van der Waals surface area contributed by atoms with E-state index in [0.29, 0.717) is 19.5 Å². The van der Waals surface area contributed by atoms with Gasteiger partial charge in [-0.3, -0.25) is 4.79 Å². The Morgan fingerprint density at radius 3 is 2.67 bits per heavy atom. The monoisotopic (exact) mass is 217 g/mol. The number of methoxy groups -OCH3 is 1. The summed E-state index contributed by atoms with van der Waals surface area (Å²) in [6.07, 6.45) is 1.13. The Kier molecular flexibility index (Phi) is 8.27. The van der Waals surface area contributed by atoms with Gasteiger partial charge >= 0.3 is 0 Å². The lowest BCUT2D eigenvalue weighted by atomic mass is 10.2. The van der Waals surface area contributed by atoms with E-state index < -0.39 is 0 Å². The third kappa shape index (κ3) is 8.35. The van der Waals surface area contributed by atoms with Gasteiger partial charge in [0.15, 0.2) is 0 Å². The SMILES string of the molecule is COC(CN)CC(=O)NCCCN(C)C. The van der Waals surface area contributed by atoms with Gasteiger partial charge < -0.3 is 20.7 Å². The number of rotatable bonds is 8. The maximum absolute atomic E-state index is 11.4. The summed E-state index contributed by atoms with van der Waals surface area (Å²) in [5.74, 6) is 0.00561. The highest BCUT2D eigenvalue weighted by molar-refractivity contribution is 5.76. The zero-order valence-electron chi connectivity index (χ0n) is 9.95. The first-order valence-corrected chi connectivity index (χ1v) is 5.24. The van der Waals surface area contributed by atoms with E-state index in [0.717, 1.165) is 13.0 Å². The smallest absolute Gasteiger partial charge is 0.222 e. The Morgan fingerprint density at radius 1 is 1.53 bits per heavy atom. The molecular weight excluding hydrogens is 194 g/mol. The van der Waals surface area contributed by atoms with E-state index >= 15 is 0 Å². The van der Waals surface area contributed by atoms with Gasteiger partial charge in [-0.1, -0.05) is 0 Å². The quantitative estimate of drug-likeness (QED) is 0.534. The molecule has 0 saturated carbocycles. The molecule has 0 rings (SSSR count). The molecule has 0 aliphatic heterocycles. The van der Waals surface area contributed by atoms with Gasteiger partial charge in [0.05, 0.1) is 12.5 Å². The van der Waals surface area contributed by atoms with Crippen LogP contribution in [-0.4, -0.2) is 57.8 Å². The minimum absolute atomic E-state index is 0.00561. The van der Waals surface area contributed by atoms with E-state index in [-0.39, 0.29) is 12.0 Å². The topological polar surface area (TPSA) is 67.6 Å². The Bertz CT molecular complexity index is 170. The van der Waals surface area contributed by atoms with Crippen molar-refractivity contribution in [2.24, 2.45) is 5.73 Å². The van der Waals surface area contributed by atoms with Crippen LogP contribution in [0.25, 0.3) is 0 Å². The van der Waals surface area contributed by atoms with Gasteiger partial charge in [0.1, 0.15) is 0 Å². The lowest BCUT2D eigenvalue weighted by molar-refractivity contribution is -0.123. The first-order valence-electron chi connectivity index (χ1n) is 5.24. The van der Waals surface area contributed by atoms with Crippen molar-refractivity contribution < 1.29 is 9.53 Å². The molecule has 0 heterocycles. The second-order valence-corrected chi connectivity index (χ2v) is 3.80. The van der Waals surface area contributed by atoms with Crippen molar-refractivity contribution in [3.63, 3.8) is 0 Å². The molecule has 5 nitrogen and oxygen atoms in total. The van der Waals surface area contributed by atoms with Gasteiger partial charge in [0.25, 0.3) is 0 Å². The number of nitrogens with one attached hydrogen (secondary N) is 1. The summed E-state index contributed by atoms with van der Waals surface area (Å²) in [6.45, 7) is 2.06. The summed E-state index contributed by atoms with van der Waals surface area (Å²) in [5, 5.41) is 2.84. The molecule has 5 heteroatoms. The van der Waals surface area contributed by atoms with Crippen LogP contribution >= 0.6 is 0 Å². The number of nitrogens with zero attached hydrogens (tertiary/aromatic N) is 1. The standard InChI is InChI=1S/C10H23N3O2/c1-13(2)6-4-5-12-10(14)7-9(8-11)15-3/h9H,4-8,11H2,1-3H3,(H,12,14). The van der Waals surface area contributed by atoms with Gasteiger partial charge in [0, 0.05) is 20.2 Å². The van der Waals surface area contributed by atoms with Crippen LogP contribution in [0.2, 0.25) is 0 Å². The number of ether oxygens (including phenoxy) is 1. The van der Waals surface area contributed by atoms with E-state index in [9.17, 15) is 4.79 Å². The zero-order valence-corrected chi connectivity index (χ0v) is 9.95. The first kappa shape index (κ1) is 14.3. The van der Waals surface area contributed by atoms with Gasteiger partial charge in [0.2, 0.25) is 5.91 Å². The van der Waals surface area contributed by atoms with Gasteiger partial charge in [-0.05, 0) is 27.1 Å². The van der Waals surface area contributed by atoms with E-state index in [1.807, 2.05) is 14.1 Å². The molecule has 0 saturated heterocycles. The fourth-order valence-electron chi connectivity index (χ4n) is 1.16. The average molecular weight is 217 g/mol. The van der Waals surface area contributed by atoms with Crippen LogP contribution in [0.1, 0.15) is 12.8 Å². The van der Waals surface area contributed by atoms with Crippen molar-refractivity contribution in [1.29, 1.82) is 0 Å². The van der Waals surface area contributed by atoms with E-state index in [2.05, 4.69) is 10.2 Å². The number of carbonyl (C=O) groups excluding carboxylic acids is 1. The summed E-state index contributed by atoms with van der Waals surface area (Å²) in [4.78, 5) is 13.4. The van der Waals surface area contributed by atoms with Gasteiger partial charge in [-0.15, -0.1) is 0 Å².